The summed E-state index contributed by atoms with van der Waals surface area (Å²) in [5.74, 6) is -1.20. The highest BCUT2D eigenvalue weighted by atomic mass is 16.4. The van der Waals surface area contributed by atoms with E-state index in [0.717, 1.165) is 5.56 Å². The molecule has 2 rings (SSSR count). The van der Waals surface area contributed by atoms with Crippen molar-refractivity contribution >= 4 is 17.6 Å². The maximum absolute atomic E-state index is 12.5. The predicted octanol–water partition coefficient (Wildman–Crippen LogP) is 2.80. The fourth-order valence-corrected chi connectivity index (χ4v) is 2.19. The molecule has 0 aliphatic heterocycles. The zero-order chi connectivity index (χ0) is 16.4. The van der Waals surface area contributed by atoms with Gasteiger partial charge in [0.15, 0.2) is 0 Å². The van der Waals surface area contributed by atoms with E-state index >= 15 is 0 Å². The lowest BCUT2D eigenvalue weighted by molar-refractivity contribution is 0.0696. The minimum absolute atomic E-state index is 0.119. The molecule has 1 heterocycles. The van der Waals surface area contributed by atoms with Gasteiger partial charge in [0.25, 0.3) is 5.91 Å². The summed E-state index contributed by atoms with van der Waals surface area (Å²) in [6.07, 6.45) is 1.67. The van der Waals surface area contributed by atoms with E-state index in [9.17, 15) is 9.59 Å². The van der Waals surface area contributed by atoms with E-state index in [1.807, 2.05) is 20.8 Å². The van der Waals surface area contributed by atoms with Crippen molar-refractivity contribution in [1.82, 2.24) is 9.78 Å². The number of nitrogens with zero attached hydrogens (tertiary/aromatic N) is 2. The molecular formula is C16H19N3O3. The number of nitrogens with one attached hydrogen (secondary N) is 1. The lowest BCUT2D eigenvalue weighted by Crippen LogP contribution is -2.15. The first kappa shape index (κ1) is 15.8. The number of benzene rings is 1. The van der Waals surface area contributed by atoms with Crippen molar-refractivity contribution in [2.24, 2.45) is 7.05 Å². The second kappa shape index (κ2) is 6.01. The summed E-state index contributed by atoms with van der Waals surface area (Å²) < 4.78 is 1.60. The second-order valence-corrected chi connectivity index (χ2v) is 5.55. The van der Waals surface area contributed by atoms with Crippen LogP contribution >= 0.6 is 0 Å². The lowest BCUT2D eigenvalue weighted by Gasteiger charge is -2.10. The third-order valence-corrected chi connectivity index (χ3v) is 3.38. The number of amides is 1. The van der Waals surface area contributed by atoms with Crippen molar-refractivity contribution in [2.45, 2.75) is 26.7 Å². The Morgan fingerprint density at radius 2 is 2.00 bits per heavy atom. The molecule has 0 aliphatic carbocycles. The van der Waals surface area contributed by atoms with Crippen LogP contribution in [0.4, 0.5) is 5.69 Å². The Labute approximate surface area is 128 Å². The van der Waals surface area contributed by atoms with Crippen LogP contribution in [0, 0.1) is 6.92 Å². The molecule has 1 aromatic heterocycles. The number of carboxylic acid groups (broad SMARTS) is 1. The van der Waals surface area contributed by atoms with Crippen LogP contribution in [0.1, 0.15) is 51.7 Å². The summed E-state index contributed by atoms with van der Waals surface area (Å²) in [4.78, 5) is 23.5. The molecule has 6 heteroatoms. The van der Waals surface area contributed by atoms with Gasteiger partial charge < -0.3 is 10.4 Å². The molecule has 0 saturated heterocycles. The first-order chi connectivity index (χ1) is 10.3. The highest BCUT2D eigenvalue weighted by Gasteiger charge is 2.19. The Kier molecular flexibility index (Phi) is 4.30. The largest absolute Gasteiger partial charge is 0.478 e. The van der Waals surface area contributed by atoms with Gasteiger partial charge in [0.1, 0.15) is 0 Å². The minimum Gasteiger partial charge on any atom is -0.478 e. The van der Waals surface area contributed by atoms with Gasteiger partial charge >= 0.3 is 5.97 Å². The Morgan fingerprint density at radius 1 is 1.32 bits per heavy atom. The van der Waals surface area contributed by atoms with Gasteiger partial charge in [-0.25, -0.2) is 4.79 Å². The van der Waals surface area contributed by atoms with Crippen LogP contribution in [0.2, 0.25) is 0 Å². The average Bonchev–Trinajstić information content (AvgIpc) is 2.83. The SMILES string of the molecule is Cc1ccc(C(=O)O)cc1NC(=O)c1cn(C)nc1C(C)C. The topological polar surface area (TPSA) is 84.2 Å². The van der Waals surface area contributed by atoms with Crippen LogP contribution in [0.3, 0.4) is 0 Å². The van der Waals surface area contributed by atoms with Crippen LogP contribution in [0.15, 0.2) is 24.4 Å². The fourth-order valence-electron chi connectivity index (χ4n) is 2.19. The Bertz CT molecular complexity index is 732. The standard InChI is InChI=1S/C16H19N3O3/c1-9(2)14-12(8-19(4)18-14)15(20)17-13-7-11(16(21)22)6-5-10(13)3/h5-9H,1-4H3,(H,17,20)(H,21,22). The number of carboxylic acids is 1. The van der Waals surface area contributed by atoms with Crippen molar-refractivity contribution < 1.29 is 14.7 Å². The minimum atomic E-state index is -1.03. The molecular weight excluding hydrogens is 282 g/mol. The molecule has 0 unspecified atom stereocenters. The molecule has 0 bridgehead atoms. The van der Waals surface area contributed by atoms with Gasteiger partial charge in [0.05, 0.1) is 16.8 Å². The van der Waals surface area contributed by atoms with Gasteiger partial charge in [-0.05, 0) is 30.5 Å². The van der Waals surface area contributed by atoms with Crippen LogP contribution in [0.25, 0.3) is 0 Å². The van der Waals surface area contributed by atoms with Crippen molar-refractivity contribution in [3.8, 4) is 0 Å². The summed E-state index contributed by atoms with van der Waals surface area (Å²) >= 11 is 0. The summed E-state index contributed by atoms with van der Waals surface area (Å²) in [5.41, 5.74) is 2.64. The number of aromatic carboxylic acids is 1. The summed E-state index contributed by atoms with van der Waals surface area (Å²) in [5, 5.41) is 16.1. The van der Waals surface area contributed by atoms with E-state index in [1.165, 1.54) is 12.1 Å². The molecule has 6 nitrogen and oxygen atoms in total. The van der Waals surface area contributed by atoms with E-state index in [-0.39, 0.29) is 17.4 Å². The predicted molar refractivity (Wildman–Crippen MR) is 83.4 cm³/mol. The highest BCUT2D eigenvalue weighted by Crippen LogP contribution is 2.21. The maximum atomic E-state index is 12.5. The summed E-state index contributed by atoms with van der Waals surface area (Å²) in [7, 11) is 1.76. The Morgan fingerprint density at radius 3 is 2.59 bits per heavy atom. The van der Waals surface area contributed by atoms with Gasteiger partial charge in [0, 0.05) is 18.9 Å². The number of hydrogen-bond donors (Lipinski definition) is 2. The van der Waals surface area contributed by atoms with Crippen molar-refractivity contribution in [2.75, 3.05) is 5.32 Å². The van der Waals surface area contributed by atoms with Gasteiger partial charge in [0.2, 0.25) is 0 Å². The number of carbonyl (C=O) groups is 2. The van der Waals surface area contributed by atoms with Crippen molar-refractivity contribution in [3.63, 3.8) is 0 Å². The monoisotopic (exact) mass is 301 g/mol. The molecule has 0 radical (unpaired) electrons. The molecule has 22 heavy (non-hydrogen) atoms. The van der Waals surface area contributed by atoms with Crippen molar-refractivity contribution in [3.05, 3.63) is 46.8 Å². The first-order valence-corrected chi connectivity index (χ1v) is 6.98. The highest BCUT2D eigenvalue weighted by molar-refractivity contribution is 6.06. The van der Waals surface area contributed by atoms with E-state index in [1.54, 1.807) is 24.0 Å². The second-order valence-electron chi connectivity index (χ2n) is 5.55. The molecule has 2 N–H and O–H groups in total. The molecule has 0 spiro atoms. The average molecular weight is 301 g/mol. The fraction of sp³-hybridized carbons (Fsp3) is 0.312. The molecule has 0 fully saturated rings. The molecule has 2 aromatic rings. The third kappa shape index (κ3) is 3.16. The lowest BCUT2D eigenvalue weighted by atomic mass is 10.1. The third-order valence-electron chi connectivity index (χ3n) is 3.38. The zero-order valence-electron chi connectivity index (χ0n) is 13.0. The van der Waals surface area contributed by atoms with Crippen molar-refractivity contribution in [1.29, 1.82) is 0 Å². The number of hydrogen-bond acceptors (Lipinski definition) is 3. The molecule has 116 valence electrons. The van der Waals surface area contributed by atoms with Crippen LogP contribution in [0.5, 0.6) is 0 Å². The first-order valence-electron chi connectivity index (χ1n) is 6.98. The van der Waals surface area contributed by atoms with Gasteiger partial charge in [-0.15, -0.1) is 0 Å². The number of anilines is 1. The number of carbonyl (C=O) groups excluding carboxylic acids is 1. The molecule has 1 aromatic carbocycles. The van der Waals surface area contributed by atoms with Gasteiger partial charge in [-0.3, -0.25) is 9.48 Å². The zero-order valence-corrected chi connectivity index (χ0v) is 13.0. The molecule has 0 aliphatic rings. The number of aryl methyl sites for hydroxylation is 2. The van der Waals surface area contributed by atoms with E-state index in [0.29, 0.717) is 16.9 Å². The smallest absolute Gasteiger partial charge is 0.335 e. The maximum Gasteiger partial charge on any atom is 0.335 e. The van der Waals surface area contributed by atoms with E-state index in [4.69, 9.17) is 5.11 Å². The van der Waals surface area contributed by atoms with Gasteiger partial charge in [-0.2, -0.15) is 5.10 Å². The molecule has 1 amide bonds. The summed E-state index contributed by atoms with van der Waals surface area (Å²) in [6, 6.07) is 4.64. The van der Waals surface area contributed by atoms with E-state index < -0.39 is 5.97 Å². The number of rotatable bonds is 4. The van der Waals surface area contributed by atoms with Crippen LogP contribution in [-0.2, 0) is 7.05 Å². The number of aromatic nitrogens is 2. The van der Waals surface area contributed by atoms with Crippen LogP contribution < -0.4 is 5.32 Å². The Hall–Kier alpha value is -2.63. The molecule has 0 atom stereocenters. The quantitative estimate of drug-likeness (QED) is 0.909. The molecule has 0 saturated carbocycles. The van der Waals surface area contributed by atoms with E-state index in [2.05, 4.69) is 10.4 Å². The Balaban J connectivity index is 2.33. The van der Waals surface area contributed by atoms with Crippen LogP contribution in [-0.4, -0.2) is 26.8 Å². The normalized spacial score (nSPS) is 10.8. The summed E-state index contributed by atoms with van der Waals surface area (Å²) in [6.45, 7) is 5.75. The van der Waals surface area contributed by atoms with Gasteiger partial charge in [-0.1, -0.05) is 19.9 Å².